The number of benzene rings is 1. The first-order chi connectivity index (χ1) is 8.69. The molecule has 0 spiro atoms. The van der Waals surface area contributed by atoms with Gasteiger partial charge in [0.05, 0.1) is 0 Å². The van der Waals surface area contributed by atoms with Crippen LogP contribution in [0, 0.1) is 19.8 Å². The van der Waals surface area contributed by atoms with Gasteiger partial charge in [0.15, 0.2) is 0 Å². The van der Waals surface area contributed by atoms with Gasteiger partial charge in [-0.25, -0.2) is 0 Å². The van der Waals surface area contributed by atoms with E-state index in [0.29, 0.717) is 6.04 Å². The van der Waals surface area contributed by atoms with Crippen LogP contribution in [0.4, 0.5) is 0 Å². The van der Waals surface area contributed by atoms with Gasteiger partial charge in [0.25, 0.3) is 0 Å². The van der Waals surface area contributed by atoms with Gasteiger partial charge < -0.3 is 5.32 Å². The molecule has 0 saturated heterocycles. The zero-order chi connectivity index (χ0) is 13.0. The molecule has 1 aromatic carbocycles. The first-order valence-corrected chi connectivity index (χ1v) is 7.42. The second-order valence-corrected chi connectivity index (χ2v) is 5.99. The van der Waals surface area contributed by atoms with E-state index in [0.717, 1.165) is 5.92 Å². The van der Waals surface area contributed by atoms with E-state index in [2.05, 4.69) is 44.4 Å². The fourth-order valence-corrected chi connectivity index (χ4v) is 3.17. The van der Waals surface area contributed by atoms with E-state index >= 15 is 0 Å². The number of hydrogen-bond acceptors (Lipinski definition) is 1. The van der Waals surface area contributed by atoms with Crippen LogP contribution in [0.1, 0.15) is 48.8 Å². The average Bonchev–Trinajstić information content (AvgIpc) is 2.86. The molecule has 100 valence electrons. The van der Waals surface area contributed by atoms with Crippen molar-refractivity contribution in [3.05, 3.63) is 34.9 Å². The maximum atomic E-state index is 3.51. The zero-order valence-electron chi connectivity index (χ0n) is 12.1. The van der Waals surface area contributed by atoms with Gasteiger partial charge in [-0.3, -0.25) is 0 Å². The highest BCUT2D eigenvalue weighted by molar-refractivity contribution is 5.30. The van der Waals surface area contributed by atoms with E-state index in [9.17, 15) is 0 Å². The van der Waals surface area contributed by atoms with Gasteiger partial charge in [-0.05, 0) is 56.3 Å². The van der Waals surface area contributed by atoms with Crippen LogP contribution in [0.25, 0.3) is 0 Å². The van der Waals surface area contributed by atoms with E-state index in [1.54, 1.807) is 0 Å². The summed E-state index contributed by atoms with van der Waals surface area (Å²) in [7, 11) is 2.11. The maximum Gasteiger partial charge on any atom is 0.0107 e. The van der Waals surface area contributed by atoms with Gasteiger partial charge in [0, 0.05) is 6.04 Å². The summed E-state index contributed by atoms with van der Waals surface area (Å²) < 4.78 is 0. The fraction of sp³-hybridized carbons (Fsp3) is 0.647. The monoisotopic (exact) mass is 245 g/mol. The van der Waals surface area contributed by atoms with E-state index in [4.69, 9.17) is 0 Å². The molecule has 1 aromatic rings. The van der Waals surface area contributed by atoms with Crippen LogP contribution in [0.15, 0.2) is 18.2 Å². The quantitative estimate of drug-likeness (QED) is 0.826. The third-order valence-corrected chi connectivity index (χ3v) is 4.55. The van der Waals surface area contributed by atoms with Crippen LogP contribution in [0.5, 0.6) is 0 Å². The molecule has 0 amide bonds. The van der Waals surface area contributed by atoms with Crippen molar-refractivity contribution in [2.75, 3.05) is 7.05 Å². The largest absolute Gasteiger partial charge is 0.317 e. The predicted molar refractivity (Wildman–Crippen MR) is 79.0 cm³/mol. The molecule has 1 aliphatic carbocycles. The first kappa shape index (κ1) is 13.6. The summed E-state index contributed by atoms with van der Waals surface area (Å²) >= 11 is 0. The van der Waals surface area contributed by atoms with Gasteiger partial charge in [-0.1, -0.05) is 43.9 Å². The van der Waals surface area contributed by atoms with Crippen molar-refractivity contribution >= 4 is 0 Å². The summed E-state index contributed by atoms with van der Waals surface area (Å²) in [5.41, 5.74) is 4.30. The van der Waals surface area contributed by atoms with Crippen molar-refractivity contribution in [1.29, 1.82) is 0 Å². The predicted octanol–water partition coefficient (Wildman–Crippen LogP) is 4.01. The molecule has 0 aromatic heterocycles. The Balaban J connectivity index is 1.94. The highest BCUT2D eigenvalue weighted by Gasteiger charge is 2.19. The number of rotatable bonds is 5. The van der Waals surface area contributed by atoms with Crippen molar-refractivity contribution in [1.82, 2.24) is 5.32 Å². The van der Waals surface area contributed by atoms with Gasteiger partial charge in [0.2, 0.25) is 0 Å². The highest BCUT2D eigenvalue weighted by atomic mass is 14.9. The molecule has 1 nitrogen and oxygen atoms in total. The summed E-state index contributed by atoms with van der Waals surface area (Å²) in [6.07, 6.45) is 8.32. The topological polar surface area (TPSA) is 12.0 Å². The lowest BCUT2D eigenvalue weighted by Gasteiger charge is -2.20. The Bertz CT molecular complexity index is 377. The van der Waals surface area contributed by atoms with Crippen molar-refractivity contribution in [3.63, 3.8) is 0 Å². The van der Waals surface area contributed by atoms with Crippen LogP contribution in [0.2, 0.25) is 0 Å². The van der Waals surface area contributed by atoms with Crippen LogP contribution in [-0.2, 0) is 6.42 Å². The Morgan fingerprint density at radius 3 is 2.50 bits per heavy atom. The van der Waals surface area contributed by atoms with Gasteiger partial charge in [0.1, 0.15) is 0 Å². The summed E-state index contributed by atoms with van der Waals surface area (Å²) in [5, 5.41) is 3.51. The second kappa shape index (κ2) is 6.38. The Hall–Kier alpha value is -0.820. The number of hydrogen-bond donors (Lipinski definition) is 1. The van der Waals surface area contributed by atoms with Crippen LogP contribution >= 0.6 is 0 Å². The molecule has 1 heteroatoms. The molecule has 0 aliphatic heterocycles. The van der Waals surface area contributed by atoms with Gasteiger partial charge in [-0.2, -0.15) is 0 Å². The average molecular weight is 245 g/mol. The van der Waals surface area contributed by atoms with Crippen molar-refractivity contribution in [2.45, 2.75) is 58.4 Å². The van der Waals surface area contributed by atoms with Crippen LogP contribution < -0.4 is 5.32 Å². The fourth-order valence-electron chi connectivity index (χ4n) is 3.17. The molecule has 1 atom stereocenters. The van der Waals surface area contributed by atoms with Crippen LogP contribution in [0.3, 0.4) is 0 Å². The summed E-state index contributed by atoms with van der Waals surface area (Å²) in [5.74, 6) is 0.967. The summed E-state index contributed by atoms with van der Waals surface area (Å²) in [6.45, 7) is 4.40. The molecule has 1 fully saturated rings. The summed E-state index contributed by atoms with van der Waals surface area (Å²) in [6, 6.07) is 7.55. The third-order valence-electron chi connectivity index (χ3n) is 4.55. The van der Waals surface area contributed by atoms with E-state index in [1.165, 1.54) is 55.2 Å². The van der Waals surface area contributed by atoms with E-state index < -0.39 is 0 Å². The molecule has 1 unspecified atom stereocenters. The molecule has 2 rings (SSSR count). The molecule has 18 heavy (non-hydrogen) atoms. The maximum absolute atomic E-state index is 3.51. The molecule has 1 saturated carbocycles. The lowest BCUT2D eigenvalue weighted by Crippen LogP contribution is -2.29. The van der Waals surface area contributed by atoms with Crippen molar-refractivity contribution < 1.29 is 0 Å². The number of aryl methyl sites for hydroxylation is 2. The molecular weight excluding hydrogens is 218 g/mol. The molecule has 1 aliphatic rings. The highest BCUT2D eigenvalue weighted by Crippen LogP contribution is 2.29. The van der Waals surface area contributed by atoms with Gasteiger partial charge >= 0.3 is 0 Å². The Morgan fingerprint density at radius 1 is 1.17 bits per heavy atom. The van der Waals surface area contributed by atoms with Crippen molar-refractivity contribution in [3.8, 4) is 0 Å². The minimum atomic E-state index is 0.648. The molecular formula is C17H27N. The molecule has 0 heterocycles. The SMILES string of the molecule is CNC(Cc1ccc(C)c(C)c1)CC1CCCC1. The second-order valence-electron chi connectivity index (χ2n) is 5.99. The minimum Gasteiger partial charge on any atom is -0.317 e. The van der Waals surface area contributed by atoms with E-state index in [1.807, 2.05) is 0 Å². The number of likely N-dealkylation sites (N-methyl/N-ethyl adjacent to an activating group) is 1. The normalized spacial score (nSPS) is 18.2. The lowest BCUT2D eigenvalue weighted by atomic mass is 9.93. The minimum absolute atomic E-state index is 0.648. The zero-order valence-corrected chi connectivity index (χ0v) is 12.1. The summed E-state index contributed by atoms with van der Waals surface area (Å²) in [4.78, 5) is 0. The standard InChI is InChI=1S/C17H27N/c1-13-8-9-16(10-14(13)2)12-17(18-3)11-15-6-4-5-7-15/h8-10,15,17-18H,4-7,11-12H2,1-3H3. The van der Waals surface area contributed by atoms with Crippen molar-refractivity contribution in [2.24, 2.45) is 5.92 Å². The molecule has 1 N–H and O–H groups in total. The Kier molecular flexibility index (Phi) is 4.82. The molecule has 0 radical (unpaired) electrons. The smallest absolute Gasteiger partial charge is 0.0107 e. The first-order valence-electron chi connectivity index (χ1n) is 7.42. The van der Waals surface area contributed by atoms with Gasteiger partial charge in [-0.15, -0.1) is 0 Å². The Labute approximate surface area is 112 Å². The Morgan fingerprint density at radius 2 is 1.89 bits per heavy atom. The third kappa shape index (κ3) is 3.58. The van der Waals surface area contributed by atoms with Crippen LogP contribution in [-0.4, -0.2) is 13.1 Å². The number of nitrogens with one attached hydrogen (secondary N) is 1. The lowest BCUT2D eigenvalue weighted by molar-refractivity contribution is 0.402. The van der Waals surface area contributed by atoms with E-state index in [-0.39, 0.29) is 0 Å². The molecule has 0 bridgehead atoms.